The second-order valence-electron chi connectivity index (χ2n) is 8.69. The second-order valence-corrected chi connectivity index (χ2v) is 8.69. The number of hydrogen-bond acceptors (Lipinski definition) is 3. The van der Waals surface area contributed by atoms with Crippen LogP contribution in [0.4, 0.5) is 0 Å². The normalized spacial score (nSPS) is 51.3. The lowest BCUT2D eigenvalue weighted by molar-refractivity contribution is -0.159. The van der Waals surface area contributed by atoms with E-state index in [4.69, 9.17) is 0 Å². The summed E-state index contributed by atoms with van der Waals surface area (Å²) in [5.74, 6) is 2.43. The van der Waals surface area contributed by atoms with Crippen LogP contribution in [-0.4, -0.2) is 17.3 Å². The number of rotatable bonds is 0. The van der Waals surface area contributed by atoms with Gasteiger partial charge in [-0.3, -0.25) is 14.4 Å². The van der Waals surface area contributed by atoms with E-state index in [1.54, 1.807) is 0 Å². The smallest absolute Gasteiger partial charge is 0.146 e. The lowest BCUT2D eigenvalue weighted by atomic mass is 9.45. The van der Waals surface area contributed by atoms with E-state index >= 15 is 0 Å². The molecule has 0 aromatic heterocycles. The van der Waals surface area contributed by atoms with Crippen molar-refractivity contribution in [1.29, 1.82) is 0 Å². The SMILES string of the molecule is C[C@]12C(=O)CC(=O)C[C@@H]1CC[C@@H]1[C@@H]2CC[C@]2(C)C(=O)CC[C@@H]12. The van der Waals surface area contributed by atoms with Gasteiger partial charge in [0.05, 0.1) is 6.42 Å². The van der Waals surface area contributed by atoms with Crippen molar-refractivity contribution in [2.45, 2.75) is 65.2 Å². The third-order valence-electron chi connectivity index (χ3n) is 8.05. The van der Waals surface area contributed by atoms with Crippen LogP contribution >= 0.6 is 0 Å². The highest BCUT2D eigenvalue weighted by Crippen LogP contribution is 2.64. The van der Waals surface area contributed by atoms with E-state index in [-0.39, 0.29) is 34.7 Å². The summed E-state index contributed by atoms with van der Waals surface area (Å²) in [6.45, 7) is 4.31. The Morgan fingerprint density at radius 3 is 2.45 bits per heavy atom. The molecule has 0 heterocycles. The molecule has 3 nitrogen and oxygen atoms in total. The van der Waals surface area contributed by atoms with Gasteiger partial charge in [-0.1, -0.05) is 13.8 Å². The van der Waals surface area contributed by atoms with Gasteiger partial charge in [0.1, 0.15) is 17.3 Å². The van der Waals surface area contributed by atoms with Gasteiger partial charge in [-0.25, -0.2) is 0 Å². The predicted octanol–water partition coefficient (Wildman–Crippen LogP) is 3.35. The molecule has 4 saturated carbocycles. The summed E-state index contributed by atoms with van der Waals surface area (Å²) in [6, 6.07) is 0. The highest BCUT2D eigenvalue weighted by molar-refractivity contribution is 6.04. The topological polar surface area (TPSA) is 51.2 Å². The van der Waals surface area contributed by atoms with Crippen molar-refractivity contribution in [2.75, 3.05) is 0 Å². The Morgan fingerprint density at radius 1 is 0.909 bits per heavy atom. The van der Waals surface area contributed by atoms with E-state index in [1.165, 1.54) is 0 Å². The summed E-state index contributed by atoms with van der Waals surface area (Å²) in [6.07, 6.45) is 6.55. The molecule has 0 aromatic carbocycles. The standard InChI is InChI=1S/C19H26O3/c1-18-8-7-15-13(14(18)5-6-16(18)21)4-3-11-9-12(20)10-17(22)19(11,15)2/h11,13-15H,3-10H2,1-2H3/t11-,13-,14-,15-,18-,19-/m0/s1. The van der Waals surface area contributed by atoms with Gasteiger partial charge in [0.15, 0.2) is 0 Å². The average molecular weight is 302 g/mol. The summed E-state index contributed by atoms with van der Waals surface area (Å²) in [5, 5.41) is 0. The maximum absolute atomic E-state index is 12.8. The molecule has 0 N–H and O–H groups in total. The quantitative estimate of drug-likeness (QED) is 0.645. The molecule has 0 bridgehead atoms. The molecular formula is C19H26O3. The van der Waals surface area contributed by atoms with Crippen molar-refractivity contribution in [3.8, 4) is 0 Å². The Kier molecular flexibility index (Phi) is 3.00. The van der Waals surface area contributed by atoms with Crippen molar-refractivity contribution in [3.63, 3.8) is 0 Å². The first-order valence-electron chi connectivity index (χ1n) is 8.95. The highest BCUT2D eigenvalue weighted by Gasteiger charge is 2.62. The molecule has 3 heteroatoms. The van der Waals surface area contributed by atoms with Crippen LogP contribution in [0.25, 0.3) is 0 Å². The van der Waals surface area contributed by atoms with Crippen LogP contribution in [0, 0.1) is 34.5 Å². The van der Waals surface area contributed by atoms with E-state index in [0.29, 0.717) is 30.0 Å². The molecule has 4 fully saturated rings. The van der Waals surface area contributed by atoms with Crippen molar-refractivity contribution in [3.05, 3.63) is 0 Å². The second kappa shape index (κ2) is 4.52. The van der Waals surface area contributed by atoms with Crippen molar-refractivity contribution in [1.82, 2.24) is 0 Å². The molecule has 0 aliphatic heterocycles. The molecule has 6 atom stereocenters. The summed E-state index contributed by atoms with van der Waals surface area (Å²) in [4.78, 5) is 37.0. The van der Waals surface area contributed by atoms with E-state index in [9.17, 15) is 14.4 Å². The fraction of sp³-hybridized carbons (Fsp3) is 0.842. The van der Waals surface area contributed by atoms with Gasteiger partial charge in [-0.15, -0.1) is 0 Å². The first-order valence-corrected chi connectivity index (χ1v) is 8.95. The minimum absolute atomic E-state index is 0.127. The number of ketones is 3. The van der Waals surface area contributed by atoms with Gasteiger partial charge in [-0.05, 0) is 55.8 Å². The maximum atomic E-state index is 12.8. The van der Waals surface area contributed by atoms with Gasteiger partial charge in [0.25, 0.3) is 0 Å². The first kappa shape index (κ1) is 14.6. The van der Waals surface area contributed by atoms with Crippen LogP contribution in [0.15, 0.2) is 0 Å². The molecule has 0 spiro atoms. The zero-order valence-electron chi connectivity index (χ0n) is 13.7. The van der Waals surface area contributed by atoms with Crippen LogP contribution < -0.4 is 0 Å². The Balaban J connectivity index is 1.70. The Bertz CT molecular complexity index is 565. The molecule has 0 unspecified atom stereocenters. The Labute approximate surface area is 132 Å². The third-order valence-corrected chi connectivity index (χ3v) is 8.05. The van der Waals surface area contributed by atoms with Crippen LogP contribution in [0.1, 0.15) is 65.2 Å². The molecule has 0 amide bonds. The van der Waals surface area contributed by atoms with Crippen molar-refractivity contribution in [2.24, 2.45) is 34.5 Å². The molecule has 4 aliphatic rings. The Morgan fingerprint density at radius 2 is 1.68 bits per heavy atom. The maximum Gasteiger partial charge on any atom is 0.146 e. The molecule has 0 aromatic rings. The molecule has 0 radical (unpaired) electrons. The summed E-state index contributed by atoms with van der Waals surface area (Å²) in [7, 11) is 0. The largest absolute Gasteiger partial charge is 0.299 e. The number of hydrogen-bond donors (Lipinski definition) is 0. The molecular weight excluding hydrogens is 276 g/mol. The Hall–Kier alpha value is -0.990. The average Bonchev–Trinajstić information content (AvgIpc) is 2.77. The zero-order chi connectivity index (χ0) is 15.7. The van der Waals surface area contributed by atoms with E-state index < -0.39 is 0 Å². The summed E-state index contributed by atoms with van der Waals surface area (Å²) >= 11 is 0. The van der Waals surface area contributed by atoms with E-state index in [1.807, 2.05) is 0 Å². The van der Waals surface area contributed by atoms with Gasteiger partial charge >= 0.3 is 0 Å². The fourth-order valence-corrected chi connectivity index (χ4v) is 6.67. The lowest BCUT2D eigenvalue weighted by Crippen LogP contribution is -2.57. The van der Waals surface area contributed by atoms with Crippen LogP contribution in [0.5, 0.6) is 0 Å². The first-order chi connectivity index (χ1) is 10.4. The molecule has 0 saturated heterocycles. The van der Waals surface area contributed by atoms with Gasteiger partial charge in [0, 0.05) is 23.7 Å². The summed E-state index contributed by atoms with van der Waals surface area (Å²) < 4.78 is 0. The number of fused-ring (bicyclic) bond motifs is 5. The van der Waals surface area contributed by atoms with Gasteiger partial charge in [0.2, 0.25) is 0 Å². The summed E-state index contributed by atoms with van der Waals surface area (Å²) in [5.41, 5.74) is -0.429. The predicted molar refractivity (Wildman–Crippen MR) is 82.1 cm³/mol. The molecule has 120 valence electrons. The van der Waals surface area contributed by atoms with Crippen molar-refractivity contribution >= 4 is 17.3 Å². The monoisotopic (exact) mass is 302 g/mol. The fourth-order valence-electron chi connectivity index (χ4n) is 6.67. The van der Waals surface area contributed by atoms with Gasteiger partial charge in [-0.2, -0.15) is 0 Å². The minimum atomic E-state index is -0.302. The van der Waals surface area contributed by atoms with Crippen LogP contribution in [0.3, 0.4) is 0 Å². The number of carbonyl (C=O) groups is 3. The number of carbonyl (C=O) groups excluding carboxylic acids is 3. The highest BCUT2D eigenvalue weighted by atomic mass is 16.2. The third kappa shape index (κ3) is 1.66. The zero-order valence-corrected chi connectivity index (χ0v) is 13.7. The minimum Gasteiger partial charge on any atom is -0.299 e. The van der Waals surface area contributed by atoms with E-state index in [0.717, 1.165) is 38.5 Å². The lowest BCUT2D eigenvalue weighted by Gasteiger charge is -2.58. The molecule has 4 aliphatic carbocycles. The van der Waals surface area contributed by atoms with Crippen LogP contribution in [-0.2, 0) is 14.4 Å². The molecule has 4 rings (SSSR count). The van der Waals surface area contributed by atoms with Crippen LogP contribution in [0.2, 0.25) is 0 Å². The van der Waals surface area contributed by atoms with Gasteiger partial charge < -0.3 is 0 Å². The number of Topliss-reactive ketones (excluding diaryl/α,β-unsaturated/α-hetero) is 3. The van der Waals surface area contributed by atoms with E-state index in [2.05, 4.69) is 13.8 Å². The molecule has 22 heavy (non-hydrogen) atoms. The van der Waals surface area contributed by atoms with Crippen molar-refractivity contribution < 1.29 is 14.4 Å².